The molecule has 2 rings (SSSR count). The quantitative estimate of drug-likeness (QED) is 0.540. The maximum absolute atomic E-state index is 5.58. The second-order valence-electron chi connectivity index (χ2n) is 2.85. The third-order valence-electron chi connectivity index (χ3n) is 1.84. The third kappa shape index (κ3) is 1.28. The minimum atomic E-state index is 0.385. The molecule has 0 aromatic heterocycles. The van der Waals surface area contributed by atoms with E-state index < -0.39 is 0 Å². The van der Waals surface area contributed by atoms with Gasteiger partial charge in [-0.1, -0.05) is 22.6 Å². The summed E-state index contributed by atoms with van der Waals surface area (Å²) in [5.74, 6) is 1.75. The molecule has 0 radical (unpaired) electrons. The summed E-state index contributed by atoms with van der Waals surface area (Å²) in [6.07, 6.45) is 2.98. The number of ether oxygens (including phenoxy) is 1. The van der Waals surface area contributed by atoms with Crippen LogP contribution in [0.5, 0.6) is 0 Å². The molecule has 0 saturated heterocycles. The van der Waals surface area contributed by atoms with Crippen molar-refractivity contribution in [2.45, 2.75) is 18.9 Å². The summed E-state index contributed by atoms with van der Waals surface area (Å²) in [4.78, 5) is 4.34. The molecule has 1 fully saturated rings. The molecule has 2 nitrogen and oxygen atoms in total. The van der Waals surface area contributed by atoms with Crippen molar-refractivity contribution in [2.75, 3.05) is 11.0 Å². The fraction of sp³-hybridized carbons (Fsp3) is 0.857. The molecule has 0 spiro atoms. The van der Waals surface area contributed by atoms with E-state index in [9.17, 15) is 0 Å². The van der Waals surface area contributed by atoms with Crippen LogP contribution in [-0.2, 0) is 4.74 Å². The maximum atomic E-state index is 5.58. The molecule has 1 heterocycles. The summed E-state index contributed by atoms with van der Waals surface area (Å²) in [6, 6.07) is 0. The van der Waals surface area contributed by atoms with Crippen molar-refractivity contribution < 1.29 is 4.74 Å². The van der Waals surface area contributed by atoms with Gasteiger partial charge in [-0.2, -0.15) is 0 Å². The number of rotatable bonds is 2. The van der Waals surface area contributed by atoms with E-state index in [1.807, 2.05) is 0 Å². The molecule has 1 atom stereocenters. The second kappa shape index (κ2) is 2.68. The SMILES string of the molecule is ICC1CN=C(C2CC2)O1. The molecule has 0 amide bonds. The maximum Gasteiger partial charge on any atom is 0.186 e. The molecule has 2 aliphatic rings. The van der Waals surface area contributed by atoms with Gasteiger partial charge in [0.15, 0.2) is 5.90 Å². The Kier molecular flexibility index (Phi) is 1.84. The van der Waals surface area contributed by atoms with E-state index in [1.165, 1.54) is 12.8 Å². The predicted octanol–water partition coefficient (Wildman–Crippen LogP) is 1.63. The van der Waals surface area contributed by atoms with Gasteiger partial charge in [0.2, 0.25) is 0 Å². The Bertz CT molecular complexity index is 165. The van der Waals surface area contributed by atoms with Gasteiger partial charge in [-0.25, -0.2) is 0 Å². The molecular weight excluding hydrogens is 241 g/mol. The molecule has 3 heteroatoms. The van der Waals surface area contributed by atoms with Crippen molar-refractivity contribution in [3.05, 3.63) is 0 Å². The minimum absolute atomic E-state index is 0.385. The number of hydrogen-bond acceptors (Lipinski definition) is 2. The first-order valence-electron chi connectivity index (χ1n) is 3.67. The zero-order chi connectivity index (χ0) is 6.97. The lowest BCUT2D eigenvalue weighted by Crippen LogP contribution is -2.14. The first-order chi connectivity index (χ1) is 4.90. The van der Waals surface area contributed by atoms with Crippen LogP contribution < -0.4 is 0 Å². The lowest BCUT2D eigenvalue weighted by atomic mass is 10.4. The van der Waals surface area contributed by atoms with E-state index in [-0.39, 0.29) is 0 Å². The minimum Gasteiger partial charge on any atom is -0.475 e. The fourth-order valence-electron chi connectivity index (χ4n) is 1.07. The molecule has 0 aromatic rings. The largest absolute Gasteiger partial charge is 0.475 e. The van der Waals surface area contributed by atoms with Crippen molar-refractivity contribution in [3.8, 4) is 0 Å². The van der Waals surface area contributed by atoms with Crippen LogP contribution in [0, 0.1) is 5.92 Å². The van der Waals surface area contributed by atoms with Crippen LogP contribution in [0.2, 0.25) is 0 Å². The van der Waals surface area contributed by atoms with Crippen LogP contribution in [0.1, 0.15) is 12.8 Å². The predicted molar refractivity (Wildman–Crippen MR) is 48.8 cm³/mol. The highest BCUT2D eigenvalue weighted by atomic mass is 127. The molecule has 10 heavy (non-hydrogen) atoms. The van der Waals surface area contributed by atoms with Crippen LogP contribution >= 0.6 is 22.6 Å². The Morgan fingerprint density at radius 3 is 2.90 bits per heavy atom. The molecule has 0 aromatic carbocycles. The summed E-state index contributed by atoms with van der Waals surface area (Å²) in [7, 11) is 0. The highest BCUT2D eigenvalue weighted by Crippen LogP contribution is 2.33. The molecule has 56 valence electrons. The van der Waals surface area contributed by atoms with Gasteiger partial charge in [-0.05, 0) is 12.8 Å². The standard InChI is InChI=1S/C7H10INO/c8-3-6-4-9-7(10-6)5-1-2-5/h5-6H,1-4H2. The number of hydrogen-bond donors (Lipinski definition) is 0. The van der Waals surface area contributed by atoms with Gasteiger partial charge in [0.25, 0.3) is 0 Å². The van der Waals surface area contributed by atoms with Crippen LogP contribution in [0.15, 0.2) is 4.99 Å². The topological polar surface area (TPSA) is 21.6 Å². The van der Waals surface area contributed by atoms with E-state index in [4.69, 9.17) is 4.74 Å². The van der Waals surface area contributed by atoms with Gasteiger partial charge in [-0.3, -0.25) is 4.99 Å². The highest BCUT2D eigenvalue weighted by molar-refractivity contribution is 14.1. The lowest BCUT2D eigenvalue weighted by molar-refractivity contribution is 0.245. The van der Waals surface area contributed by atoms with E-state index in [0.717, 1.165) is 16.9 Å². The Hall–Kier alpha value is 0.200. The average molecular weight is 251 g/mol. The normalized spacial score (nSPS) is 31.7. The zero-order valence-electron chi connectivity index (χ0n) is 5.72. The first kappa shape index (κ1) is 6.88. The smallest absolute Gasteiger partial charge is 0.186 e. The fourth-order valence-corrected chi connectivity index (χ4v) is 1.53. The zero-order valence-corrected chi connectivity index (χ0v) is 7.87. The Labute approximate surface area is 74.2 Å². The van der Waals surface area contributed by atoms with Crippen molar-refractivity contribution in [3.63, 3.8) is 0 Å². The summed E-state index contributed by atoms with van der Waals surface area (Å²) in [6.45, 7) is 0.898. The van der Waals surface area contributed by atoms with Crippen LogP contribution in [-0.4, -0.2) is 23.0 Å². The van der Waals surface area contributed by atoms with Gasteiger partial charge in [-0.15, -0.1) is 0 Å². The molecule has 1 aliphatic carbocycles. The van der Waals surface area contributed by atoms with Crippen molar-refractivity contribution in [1.82, 2.24) is 0 Å². The summed E-state index contributed by atoms with van der Waals surface area (Å²) in [5.41, 5.74) is 0. The van der Waals surface area contributed by atoms with Crippen molar-refractivity contribution in [1.29, 1.82) is 0 Å². The van der Waals surface area contributed by atoms with E-state index in [2.05, 4.69) is 27.6 Å². The molecule has 1 aliphatic heterocycles. The monoisotopic (exact) mass is 251 g/mol. The van der Waals surface area contributed by atoms with Crippen molar-refractivity contribution in [2.24, 2.45) is 10.9 Å². The van der Waals surface area contributed by atoms with Gasteiger partial charge in [0, 0.05) is 10.3 Å². The van der Waals surface area contributed by atoms with Gasteiger partial charge < -0.3 is 4.74 Å². The number of aliphatic imine (C=N–C) groups is 1. The highest BCUT2D eigenvalue weighted by Gasteiger charge is 2.33. The van der Waals surface area contributed by atoms with Crippen LogP contribution in [0.3, 0.4) is 0 Å². The van der Waals surface area contributed by atoms with E-state index >= 15 is 0 Å². The van der Waals surface area contributed by atoms with Gasteiger partial charge in [0.05, 0.1) is 6.54 Å². The Morgan fingerprint density at radius 2 is 2.40 bits per heavy atom. The van der Waals surface area contributed by atoms with Gasteiger partial charge in [0.1, 0.15) is 6.10 Å². The number of nitrogens with zero attached hydrogens (tertiary/aromatic N) is 1. The molecular formula is C7H10INO. The average Bonchev–Trinajstić information content (AvgIpc) is 2.70. The summed E-state index contributed by atoms with van der Waals surface area (Å²) < 4.78 is 6.64. The number of alkyl halides is 1. The van der Waals surface area contributed by atoms with Gasteiger partial charge >= 0.3 is 0 Å². The summed E-state index contributed by atoms with van der Waals surface area (Å²) in [5, 5.41) is 0. The summed E-state index contributed by atoms with van der Waals surface area (Å²) >= 11 is 2.34. The third-order valence-corrected chi connectivity index (χ3v) is 2.82. The Balaban J connectivity index is 1.89. The lowest BCUT2D eigenvalue weighted by Gasteiger charge is -2.05. The van der Waals surface area contributed by atoms with Crippen molar-refractivity contribution >= 4 is 28.5 Å². The van der Waals surface area contributed by atoms with E-state index in [0.29, 0.717) is 12.0 Å². The first-order valence-corrected chi connectivity index (χ1v) is 5.19. The molecule has 0 bridgehead atoms. The van der Waals surface area contributed by atoms with Crippen LogP contribution in [0.25, 0.3) is 0 Å². The molecule has 0 N–H and O–H groups in total. The van der Waals surface area contributed by atoms with Crippen LogP contribution in [0.4, 0.5) is 0 Å². The molecule has 1 unspecified atom stereocenters. The molecule has 1 saturated carbocycles. The Morgan fingerprint density at radius 1 is 1.60 bits per heavy atom. The van der Waals surface area contributed by atoms with E-state index in [1.54, 1.807) is 0 Å². The number of halogens is 1. The second-order valence-corrected chi connectivity index (χ2v) is 3.73.